The van der Waals surface area contributed by atoms with Crippen molar-refractivity contribution in [2.24, 2.45) is 5.92 Å². The predicted octanol–water partition coefficient (Wildman–Crippen LogP) is 3.73. The molecule has 2 N–H and O–H groups in total. The molecule has 0 saturated carbocycles. The minimum Gasteiger partial charge on any atom is -0.451 e. The van der Waals surface area contributed by atoms with Crippen LogP contribution in [0.4, 0.5) is 16.2 Å². The number of ether oxygens (including phenoxy) is 3. The summed E-state index contributed by atoms with van der Waals surface area (Å²) >= 11 is 0. The molecule has 1 fully saturated rings. The van der Waals surface area contributed by atoms with Crippen LogP contribution in [0.1, 0.15) is 32.8 Å². The van der Waals surface area contributed by atoms with Crippen LogP contribution in [-0.2, 0) is 30.4 Å². The Kier molecular flexibility index (Phi) is 10.1. The largest absolute Gasteiger partial charge is 0.451 e. The molecule has 1 aliphatic rings. The smallest absolute Gasteiger partial charge is 0.408 e. The van der Waals surface area contributed by atoms with Gasteiger partial charge in [-0.25, -0.2) is 9.59 Å². The molecule has 2 amide bonds. The topological polar surface area (TPSA) is 106 Å². The van der Waals surface area contributed by atoms with E-state index in [9.17, 15) is 14.4 Å². The van der Waals surface area contributed by atoms with Crippen LogP contribution in [0.25, 0.3) is 0 Å². The summed E-state index contributed by atoms with van der Waals surface area (Å²) in [4.78, 5) is 40.0. The molecule has 0 bridgehead atoms. The maximum Gasteiger partial charge on any atom is 0.408 e. The number of anilines is 2. The molecule has 1 aliphatic heterocycles. The van der Waals surface area contributed by atoms with Crippen molar-refractivity contribution in [2.75, 3.05) is 36.5 Å². The van der Waals surface area contributed by atoms with Gasteiger partial charge in [0.25, 0.3) is 5.91 Å². The van der Waals surface area contributed by atoms with E-state index in [0.717, 1.165) is 24.3 Å². The Bertz CT molecular complexity index is 992. The van der Waals surface area contributed by atoms with Gasteiger partial charge in [0.1, 0.15) is 12.6 Å². The van der Waals surface area contributed by atoms with Gasteiger partial charge in [0.05, 0.1) is 13.2 Å². The van der Waals surface area contributed by atoms with E-state index in [2.05, 4.69) is 15.5 Å². The molecule has 36 heavy (non-hydrogen) atoms. The second-order valence-electron chi connectivity index (χ2n) is 8.78. The van der Waals surface area contributed by atoms with Crippen molar-refractivity contribution in [3.63, 3.8) is 0 Å². The minimum absolute atomic E-state index is 0.0814. The van der Waals surface area contributed by atoms with Crippen molar-refractivity contribution < 1.29 is 28.6 Å². The number of rotatable bonds is 10. The molecule has 0 aliphatic carbocycles. The number of esters is 1. The zero-order chi connectivity index (χ0) is 25.9. The Hall–Kier alpha value is -3.59. The van der Waals surface area contributed by atoms with Gasteiger partial charge < -0.3 is 29.7 Å². The first kappa shape index (κ1) is 27.0. The fourth-order valence-corrected chi connectivity index (χ4v) is 3.68. The van der Waals surface area contributed by atoms with Gasteiger partial charge in [-0.1, -0.05) is 50.6 Å². The molecular formula is C27H35N3O6. The van der Waals surface area contributed by atoms with Crippen LogP contribution >= 0.6 is 0 Å². The maximum absolute atomic E-state index is 12.9. The average Bonchev–Trinajstić information content (AvgIpc) is 2.91. The molecule has 194 valence electrons. The number of amides is 2. The van der Waals surface area contributed by atoms with Gasteiger partial charge in [-0.3, -0.25) is 4.79 Å². The number of carbonyl (C=O) groups excluding carboxylic acids is 3. The highest BCUT2D eigenvalue weighted by Crippen LogP contribution is 2.19. The molecular weight excluding hydrogens is 462 g/mol. The van der Waals surface area contributed by atoms with E-state index in [0.29, 0.717) is 25.3 Å². The summed E-state index contributed by atoms with van der Waals surface area (Å²) in [6, 6.07) is 15.8. The third kappa shape index (κ3) is 7.98. The molecule has 3 rings (SSSR count). The van der Waals surface area contributed by atoms with Gasteiger partial charge in [0.2, 0.25) is 0 Å². The fourth-order valence-electron chi connectivity index (χ4n) is 3.68. The summed E-state index contributed by atoms with van der Waals surface area (Å²) < 4.78 is 16.0. The molecule has 9 nitrogen and oxygen atoms in total. The van der Waals surface area contributed by atoms with Gasteiger partial charge in [-0.05, 0) is 42.7 Å². The van der Waals surface area contributed by atoms with E-state index in [1.54, 1.807) is 0 Å². The van der Waals surface area contributed by atoms with Gasteiger partial charge in [0, 0.05) is 24.5 Å². The molecule has 3 atom stereocenters. The highest BCUT2D eigenvalue weighted by molar-refractivity contribution is 5.95. The first-order valence-electron chi connectivity index (χ1n) is 12.3. The lowest BCUT2D eigenvalue weighted by molar-refractivity contribution is -0.156. The van der Waals surface area contributed by atoms with E-state index >= 15 is 0 Å². The molecule has 0 spiro atoms. The van der Waals surface area contributed by atoms with Crippen LogP contribution in [0.5, 0.6) is 0 Å². The van der Waals surface area contributed by atoms with Crippen molar-refractivity contribution in [2.45, 2.75) is 45.9 Å². The summed E-state index contributed by atoms with van der Waals surface area (Å²) in [6.45, 7) is 8.34. The first-order valence-corrected chi connectivity index (χ1v) is 12.3. The number of morpholine rings is 1. The second-order valence-corrected chi connectivity index (χ2v) is 8.78. The SMILES string of the molecule is CC[C@@H](C)[C@@H](NC(=O)OCc1ccccc1)C(=O)O[C@@H](C)C(=O)Nc1ccc(N2CCOCC2)cc1. The lowest BCUT2D eigenvalue weighted by atomic mass is 9.99. The fraction of sp³-hybridized carbons (Fsp3) is 0.444. The summed E-state index contributed by atoms with van der Waals surface area (Å²) in [6.07, 6.45) is -1.15. The van der Waals surface area contributed by atoms with Crippen LogP contribution in [0.2, 0.25) is 0 Å². The quantitative estimate of drug-likeness (QED) is 0.482. The standard InChI is InChI=1S/C27H35N3O6/c1-4-19(2)24(29-27(33)35-18-21-8-6-5-7-9-21)26(32)36-20(3)25(31)28-22-10-12-23(13-11-22)30-14-16-34-17-15-30/h5-13,19-20,24H,4,14-18H2,1-3H3,(H,28,31)(H,29,33)/t19-,20+,24-/m1/s1. The Balaban J connectivity index is 1.51. The van der Waals surface area contributed by atoms with Crippen LogP contribution in [0, 0.1) is 5.92 Å². The number of alkyl carbamates (subject to hydrolysis) is 1. The number of hydrogen-bond donors (Lipinski definition) is 2. The van der Waals surface area contributed by atoms with Gasteiger partial charge >= 0.3 is 12.1 Å². The first-order chi connectivity index (χ1) is 17.4. The minimum atomic E-state index is -1.05. The summed E-state index contributed by atoms with van der Waals surface area (Å²) in [5.74, 6) is -1.37. The van der Waals surface area contributed by atoms with Crippen molar-refractivity contribution in [3.8, 4) is 0 Å². The number of nitrogens with one attached hydrogen (secondary N) is 2. The van der Waals surface area contributed by atoms with Crippen molar-refractivity contribution in [1.29, 1.82) is 0 Å². The van der Waals surface area contributed by atoms with E-state index in [4.69, 9.17) is 14.2 Å². The number of carbonyl (C=O) groups is 3. The highest BCUT2D eigenvalue weighted by atomic mass is 16.6. The number of hydrogen-bond acceptors (Lipinski definition) is 7. The highest BCUT2D eigenvalue weighted by Gasteiger charge is 2.30. The van der Waals surface area contributed by atoms with Crippen molar-refractivity contribution in [1.82, 2.24) is 5.32 Å². The zero-order valence-electron chi connectivity index (χ0n) is 21.1. The Labute approximate surface area is 212 Å². The van der Waals surface area contributed by atoms with Crippen LogP contribution in [0.3, 0.4) is 0 Å². The molecule has 1 saturated heterocycles. The van der Waals surface area contributed by atoms with E-state index in [-0.39, 0.29) is 12.5 Å². The lowest BCUT2D eigenvalue weighted by Crippen LogP contribution is -2.47. The van der Waals surface area contributed by atoms with Gasteiger partial charge in [-0.15, -0.1) is 0 Å². The van der Waals surface area contributed by atoms with E-state index in [1.807, 2.05) is 68.4 Å². The normalized spacial score (nSPS) is 15.8. The summed E-state index contributed by atoms with van der Waals surface area (Å²) in [5.41, 5.74) is 2.48. The molecule has 0 aromatic heterocycles. The maximum atomic E-state index is 12.9. The van der Waals surface area contributed by atoms with Crippen molar-refractivity contribution >= 4 is 29.3 Å². The predicted molar refractivity (Wildman–Crippen MR) is 137 cm³/mol. The zero-order valence-corrected chi connectivity index (χ0v) is 21.1. The molecule has 1 heterocycles. The van der Waals surface area contributed by atoms with Crippen molar-refractivity contribution in [3.05, 3.63) is 60.2 Å². The third-order valence-electron chi connectivity index (χ3n) is 6.13. The van der Waals surface area contributed by atoms with Crippen LogP contribution in [-0.4, -0.2) is 56.4 Å². The Morgan fingerprint density at radius 2 is 1.67 bits per heavy atom. The van der Waals surface area contributed by atoms with E-state index in [1.165, 1.54) is 6.92 Å². The van der Waals surface area contributed by atoms with Gasteiger partial charge in [-0.2, -0.15) is 0 Å². The molecule has 0 radical (unpaired) electrons. The molecule has 9 heteroatoms. The Morgan fingerprint density at radius 3 is 2.31 bits per heavy atom. The summed E-state index contributed by atoms with van der Waals surface area (Å²) in [5, 5.41) is 5.36. The second kappa shape index (κ2) is 13.5. The lowest BCUT2D eigenvalue weighted by Gasteiger charge is -2.29. The molecule has 2 aromatic carbocycles. The van der Waals surface area contributed by atoms with E-state index < -0.39 is 30.1 Å². The number of benzene rings is 2. The molecule has 2 aromatic rings. The average molecular weight is 498 g/mol. The summed E-state index contributed by atoms with van der Waals surface area (Å²) in [7, 11) is 0. The van der Waals surface area contributed by atoms with Crippen LogP contribution < -0.4 is 15.5 Å². The van der Waals surface area contributed by atoms with Gasteiger partial charge in [0.15, 0.2) is 6.10 Å². The Morgan fingerprint density at radius 1 is 1.00 bits per heavy atom. The monoisotopic (exact) mass is 497 g/mol. The molecule has 0 unspecified atom stereocenters. The number of nitrogens with zero attached hydrogens (tertiary/aromatic N) is 1. The van der Waals surface area contributed by atoms with Crippen LogP contribution in [0.15, 0.2) is 54.6 Å². The third-order valence-corrected chi connectivity index (χ3v) is 6.13.